The zero-order valence-corrected chi connectivity index (χ0v) is 14.9. The summed E-state index contributed by atoms with van der Waals surface area (Å²) in [5.41, 5.74) is 1.16. The van der Waals surface area contributed by atoms with Gasteiger partial charge in [0.1, 0.15) is 11.5 Å². The van der Waals surface area contributed by atoms with Crippen molar-refractivity contribution in [3.63, 3.8) is 0 Å². The lowest BCUT2D eigenvalue weighted by molar-refractivity contribution is 0.104. The Balaban J connectivity index is 2.22. The van der Waals surface area contributed by atoms with Gasteiger partial charge >= 0.3 is 0 Å². The third-order valence-electron chi connectivity index (χ3n) is 2.84. The summed E-state index contributed by atoms with van der Waals surface area (Å²) in [7, 11) is 1.60. The average Bonchev–Trinajstić information content (AvgIpc) is 2.49. The van der Waals surface area contributed by atoms with Gasteiger partial charge in [-0.25, -0.2) is 0 Å². The van der Waals surface area contributed by atoms with Crippen LogP contribution in [0.4, 0.5) is 0 Å². The molecule has 21 heavy (non-hydrogen) atoms. The molecule has 0 fully saturated rings. The first kappa shape index (κ1) is 16.0. The maximum absolute atomic E-state index is 12.2. The van der Waals surface area contributed by atoms with Gasteiger partial charge in [0.25, 0.3) is 0 Å². The summed E-state index contributed by atoms with van der Waals surface area (Å²) in [5, 5.41) is 9.96. The smallest absolute Gasteiger partial charge is 0.189 e. The van der Waals surface area contributed by atoms with Crippen LogP contribution in [-0.2, 0) is 0 Å². The Bertz CT molecular complexity index is 693. The van der Waals surface area contributed by atoms with Crippen LogP contribution in [0.15, 0.2) is 46.9 Å². The third kappa shape index (κ3) is 4.07. The Morgan fingerprint density at radius 1 is 1.29 bits per heavy atom. The van der Waals surface area contributed by atoms with Crippen molar-refractivity contribution >= 4 is 50.4 Å². The quantitative estimate of drug-likeness (QED) is 0.411. The molecule has 0 radical (unpaired) electrons. The van der Waals surface area contributed by atoms with Gasteiger partial charge in [0, 0.05) is 4.47 Å². The summed E-state index contributed by atoms with van der Waals surface area (Å²) >= 11 is 5.31. The first-order valence-electron chi connectivity index (χ1n) is 6.05. The maximum atomic E-state index is 12.2. The van der Waals surface area contributed by atoms with Crippen molar-refractivity contribution < 1.29 is 14.6 Å². The third-order valence-corrected chi connectivity index (χ3v) is 4.12. The molecule has 0 amide bonds. The predicted octanol–water partition coefficient (Wildman–Crippen LogP) is 4.66. The van der Waals surface area contributed by atoms with E-state index < -0.39 is 0 Å². The van der Waals surface area contributed by atoms with Crippen molar-refractivity contribution in [1.82, 2.24) is 0 Å². The second kappa shape index (κ2) is 7.09. The minimum atomic E-state index is -0.248. The molecule has 0 unspecified atom stereocenters. The molecule has 0 aromatic heterocycles. The number of allylic oxidation sites excluding steroid dienone is 1. The lowest BCUT2D eigenvalue weighted by Crippen LogP contribution is -1.96. The minimum Gasteiger partial charge on any atom is -0.506 e. The van der Waals surface area contributed by atoms with Crippen LogP contribution in [0.1, 0.15) is 15.9 Å². The van der Waals surface area contributed by atoms with E-state index in [1.54, 1.807) is 25.3 Å². The molecule has 0 aliphatic heterocycles. The Hall–Kier alpha value is -1.34. The second-order valence-corrected chi connectivity index (χ2v) is 6.33. The fourth-order valence-corrected chi connectivity index (χ4v) is 3.24. The number of phenols is 1. The largest absolute Gasteiger partial charge is 0.506 e. The van der Waals surface area contributed by atoms with Crippen LogP contribution in [0, 0.1) is 3.57 Å². The van der Waals surface area contributed by atoms with Crippen molar-refractivity contribution in [1.29, 1.82) is 0 Å². The van der Waals surface area contributed by atoms with E-state index in [1.165, 1.54) is 6.08 Å². The number of hydrogen-bond acceptors (Lipinski definition) is 3. The Kier molecular flexibility index (Phi) is 5.41. The number of benzene rings is 2. The van der Waals surface area contributed by atoms with Crippen LogP contribution in [0.5, 0.6) is 11.5 Å². The van der Waals surface area contributed by atoms with Crippen LogP contribution in [0.2, 0.25) is 0 Å². The highest BCUT2D eigenvalue weighted by Gasteiger charge is 2.12. The molecular formula is C16H12BrIO3. The molecule has 2 aromatic rings. The summed E-state index contributed by atoms with van der Waals surface area (Å²) in [6.45, 7) is 0. The van der Waals surface area contributed by atoms with E-state index in [4.69, 9.17) is 4.74 Å². The van der Waals surface area contributed by atoms with Crippen LogP contribution in [0.25, 0.3) is 6.08 Å². The standard InChI is InChI=1S/C16H12BrIO3/c1-21-12-5-2-10(3-6-12)4-7-15(19)13-8-11(17)9-14(18)16(13)20/h2-9,20H,1H3/b7-4+. The number of aromatic hydroxyl groups is 1. The number of methoxy groups -OCH3 is 1. The van der Waals surface area contributed by atoms with E-state index in [0.29, 0.717) is 3.57 Å². The van der Waals surface area contributed by atoms with Crippen LogP contribution in [-0.4, -0.2) is 18.0 Å². The van der Waals surface area contributed by atoms with Gasteiger partial charge in [-0.3, -0.25) is 4.79 Å². The summed E-state index contributed by atoms with van der Waals surface area (Å²) in [6.07, 6.45) is 3.15. The zero-order chi connectivity index (χ0) is 15.4. The molecule has 0 heterocycles. The van der Waals surface area contributed by atoms with Gasteiger partial charge in [0.2, 0.25) is 0 Å². The number of rotatable bonds is 4. The van der Waals surface area contributed by atoms with Crippen molar-refractivity contribution in [3.8, 4) is 11.5 Å². The van der Waals surface area contributed by atoms with Crippen molar-refractivity contribution in [2.24, 2.45) is 0 Å². The van der Waals surface area contributed by atoms with Crippen molar-refractivity contribution in [2.45, 2.75) is 0 Å². The summed E-state index contributed by atoms with van der Waals surface area (Å²) in [6, 6.07) is 10.7. The monoisotopic (exact) mass is 458 g/mol. The van der Waals surface area contributed by atoms with E-state index in [9.17, 15) is 9.90 Å². The Labute approximate surface area is 144 Å². The number of carbonyl (C=O) groups is 1. The van der Waals surface area contributed by atoms with Gasteiger partial charge in [0.05, 0.1) is 16.2 Å². The Morgan fingerprint density at radius 3 is 2.57 bits per heavy atom. The fourth-order valence-electron chi connectivity index (χ4n) is 1.73. The molecule has 0 aliphatic rings. The number of ketones is 1. The molecule has 3 nitrogen and oxygen atoms in total. The van der Waals surface area contributed by atoms with Gasteiger partial charge in [-0.2, -0.15) is 0 Å². The van der Waals surface area contributed by atoms with Crippen LogP contribution >= 0.6 is 38.5 Å². The molecule has 2 rings (SSSR count). The molecule has 0 spiro atoms. The molecule has 1 N–H and O–H groups in total. The number of halogens is 2. The van der Waals surface area contributed by atoms with Gasteiger partial charge in [-0.05, 0) is 58.5 Å². The number of phenolic OH excluding ortho intramolecular Hbond substituents is 1. The molecule has 2 aromatic carbocycles. The molecule has 0 bridgehead atoms. The predicted molar refractivity (Wildman–Crippen MR) is 94.9 cm³/mol. The SMILES string of the molecule is COc1ccc(/C=C/C(=O)c2cc(Br)cc(I)c2O)cc1. The van der Waals surface area contributed by atoms with Gasteiger partial charge in [0.15, 0.2) is 5.78 Å². The number of carbonyl (C=O) groups excluding carboxylic acids is 1. The lowest BCUT2D eigenvalue weighted by Gasteiger charge is -2.04. The van der Waals surface area contributed by atoms with E-state index in [-0.39, 0.29) is 17.1 Å². The summed E-state index contributed by atoms with van der Waals surface area (Å²) in [4.78, 5) is 12.2. The normalized spacial score (nSPS) is 10.8. The minimum absolute atomic E-state index is 0.00295. The van der Waals surface area contributed by atoms with E-state index in [0.717, 1.165) is 15.8 Å². The first-order chi connectivity index (χ1) is 10.0. The molecule has 0 aliphatic carbocycles. The average molecular weight is 459 g/mol. The Morgan fingerprint density at radius 2 is 1.95 bits per heavy atom. The van der Waals surface area contributed by atoms with E-state index >= 15 is 0 Å². The van der Waals surface area contributed by atoms with E-state index in [1.807, 2.05) is 46.9 Å². The molecule has 0 atom stereocenters. The molecule has 0 saturated carbocycles. The highest BCUT2D eigenvalue weighted by Crippen LogP contribution is 2.29. The molecular weight excluding hydrogens is 447 g/mol. The highest BCUT2D eigenvalue weighted by molar-refractivity contribution is 14.1. The first-order valence-corrected chi connectivity index (χ1v) is 7.93. The number of ether oxygens (including phenoxy) is 1. The highest BCUT2D eigenvalue weighted by atomic mass is 127. The topological polar surface area (TPSA) is 46.5 Å². The van der Waals surface area contributed by atoms with Gasteiger partial charge in [-0.1, -0.05) is 34.1 Å². The summed E-state index contributed by atoms with van der Waals surface area (Å²) in [5.74, 6) is 0.517. The fraction of sp³-hybridized carbons (Fsp3) is 0.0625. The maximum Gasteiger partial charge on any atom is 0.189 e. The van der Waals surface area contributed by atoms with Crippen LogP contribution < -0.4 is 4.74 Å². The lowest BCUT2D eigenvalue weighted by atomic mass is 10.1. The van der Waals surface area contributed by atoms with E-state index in [2.05, 4.69) is 15.9 Å². The second-order valence-electron chi connectivity index (χ2n) is 4.25. The van der Waals surface area contributed by atoms with Crippen LogP contribution in [0.3, 0.4) is 0 Å². The molecule has 5 heteroatoms. The molecule has 108 valence electrons. The summed E-state index contributed by atoms with van der Waals surface area (Å²) < 4.78 is 6.46. The zero-order valence-electron chi connectivity index (χ0n) is 11.1. The van der Waals surface area contributed by atoms with Crippen molar-refractivity contribution in [3.05, 3.63) is 61.6 Å². The van der Waals surface area contributed by atoms with Crippen molar-refractivity contribution in [2.75, 3.05) is 7.11 Å². The number of hydrogen-bond donors (Lipinski definition) is 1. The van der Waals surface area contributed by atoms with Gasteiger partial charge in [-0.15, -0.1) is 0 Å². The molecule has 0 saturated heterocycles. The van der Waals surface area contributed by atoms with Gasteiger partial charge < -0.3 is 9.84 Å².